The largest absolute Gasteiger partial charge is 0.352 e. The van der Waals surface area contributed by atoms with Crippen LogP contribution >= 0.6 is 0 Å². The Balaban J connectivity index is 1.69. The highest BCUT2D eigenvalue weighted by Crippen LogP contribution is 2.23. The average Bonchev–Trinajstić information content (AvgIpc) is 2.37. The van der Waals surface area contributed by atoms with Crippen molar-refractivity contribution in [1.29, 1.82) is 0 Å². The molecule has 0 radical (unpaired) electrons. The molecule has 4 nitrogen and oxygen atoms in total. The second kappa shape index (κ2) is 6.71. The van der Waals surface area contributed by atoms with Gasteiger partial charge in [0.25, 0.3) is 0 Å². The van der Waals surface area contributed by atoms with E-state index in [1.807, 2.05) is 0 Å². The molecule has 1 amide bonds. The van der Waals surface area contributed by atoms with Gasteiger partial charge in [0.2, 0.25) is 5.91 Å². The van der Waals surface area contributed by atoms with Gasteiger partial charge in [0, 0.05) is 18.6 Å². The van der Waals surface area contributed by atoms with Crippen LogP contribution in [0, 0.1) is 11.8 Å². The minimum Gasteiger partial charge on any atom is -0.352 e. The summed E-state index contributed by atoms with van der Waals surface area (Å²) in [5.74, 6) is 1.59. The van der Waals surface area contributed by atoms with E-state index in [-0.39, 0.29) is 11.9 Å². The Morgan fingerprint density at radius 3 is 2.53 bits per heavy atom. The summed E-state index contributed by atoms with van der Waals surface area (Å²) in [6.07, 6.45) is 5.89. The molecule has 2 aliphatic rings. The summed E-state index contributed by atoms with van der Waals surface area (Å²) in [5, 5.41) is 3.19. The molecule has 2 unspecified atom stereocenters. The molecule has 0 aromatic carbocycles. The van der Waals surface area contributed by atoms with Crippen molar-refractivity contribution in [2.45, 2.75) is 58.0 Å². The number of hydrogen-bond donors (Lipinski definition) is 2. The number of likely N-dealkylation sites (tertiary alicyclic amines) is 1. The van der Waals surface area contributed by atoms with E-state index in [0.717, 1.165) is 38.3 Å². The van der Waals surface area contributed by atoms with Gasteiger partial charge < -0.3 is 11.1 Å². The summed E-state index contributed by atoms with van der Waals surface area (Å²) in [6.45, 7) is 6.88. The number of carbonyl (C=O) groups excluding carboxylic acids is 1. The molecule has 4 heteroatoms. The Hall–Kier alpha value is -0.610. The summed E-state index contributed by atoms with van der Waals surface area (Å²) in [4.78, 5) is 14.3. The van der Waals surface area contributed by atoms with Crippen molar-refractivity contribution in [3.63, 3.8) is 0 Å². The van der Waals surface area contributed by atoms with Gasteiger partial charge in [-0.3, -0.25) is 9.69 Å². The fourth-order valence-corrected chi connectivity index (χ4v) is 3.19. The van der Waals surface area contributed by atoms with E-state index in [1.165, 1.54) is 12.8 Å². The first-order valence-electron chi connectivity index (χ1n) is 7.82. The number of amides is 1. The molecule has 2 atom stereocenters. The third kappa shape index (κ3) is 4.46. The van der Waals surface area contributed by atoms with Gasteiger partial charge in [0.15, 0.2) is 0 Å². The maximum atomic E-state index is 12.1. The van der Waals surface area contributed by atoms with Crippen LogP contribution in [-0.4, -0.2) is 42.5 Å². The van der Waals surface area contributed by atoms with Crippen molar-refractivity contribution < 1.29 is 4.79 Å². The van der Waals surface area contributed by atoms with Gasteiger partial charge in [0.1, 0.15) is 0 Å². The summed E-state index contributed by atoms with van der Waals surface area (Å²) < 4.78 is 0. The molecule has 0 bridgehead atoms. The standard InChI is InChI=1S/C15H29N3O/c1-11-3-5-13(6-4-11)17-15(19)10-18-8-7-12(2)14(16)9-18/h11-14H,3-10,16H2,1-2H3,(H,17,19). The lowest BCUT2D eigenvalue weighted by atomic mass is 9.87. The smallest absolute Gasteiger partial charge is 0.234 e. The SMILES string of the molecule is CC1CCC(NC(=O)CN2CCC(C)C(N)C2)CC1. The monoisotopic (exact) mass is 267 g/mol. The molecule has 3 N–H and O–H groups in total. The van der Waals surface area contributed by atoms with Gasteiger partial charge in [-0.05, 0) is 50.5 Å². The lowest BCUT2D eigenvalue weighted by molar-refractivity contribution is -0.123. The Kier molecular flexibility index (Phi) is 5.22. The highest BCUT2D eigenvalue weighted by molar-refractivity contribution is 5.78. The van der Waals surface area contributed by atoms with Crippen LogP contribution in [0.25, 0.3) is 0 Å². The molecular formula is C15H29N3O. The van der Waals surface area contributed by atoms with E-state index in [2.05, 4.69) is 24.1 Å². The lowest BCUT2D eigenvalue weighted by Crippen LogP contribution is -2.51. The van der Waals surface area contributed by atoms with E-state index in [9.17, 15) is 4.79 Å². The van der Waals surface area contributed by atoms with Crippen molar-refractivity contribution in [1.82, 2.24) is 10.2 Å². The highest BCUT2D eigenvalue weighted by Gasteiger charge is 2.25. The highest BCUT2D eigenvalue weighted by atomic mass is 16.2. The van der Waals surface area contributed by atoms with Crippen LogP contribution in [0.3, 0.4) is 0 Å². The van der Waals surface area contributed by atoms with E-state index in [0.29, 0.717) is 18.5 Å². The fourth-order valence-electron chi connectivity index (χ4n) is 3.19. The molecule has 1 heterocycles. The van der Waals surface area contributed by atoms with Crippen molar-refractivity contribution in [2.24, 2.45) is 17.6 Å². The van der Waals surface area contributed by atoms with Gasteiger partial charge >= 0.3 is 0 Å². The van der Waals surface area contributed by atoms with E-state index in [1.54, 1.807) is 0 Å². The summed E-state index contributed by atoms with van der Waals surface area (Å²) in [7, 11) is 0. The van der Waals surface area contributed by atoms with Crippen molar-refractivity contribution in [3.05, 3.63) is 0 Å². The third-order valence-electron chi connectivity index (χ3n) is 4.85. The van der Waals surface area contributed by atoms with Gasteiger partial charge in [-0.25, -0.2) is 0 Å². The number of nitrogens with one attached hydrogen (secondary N) is 1. The number of nitrogens with two attached hydrogens (primary N) is 1. The van der Waals surface area contributed by atoms with Crippen molar-refractivity contribution in [2.75, 3.05) is 19.6 Å². The zero-order valence-corrected chi connectivity index (χ0v) is 12.4. The van der Waals surface area contributed by atoms with Crippen LogP contribution in [0.1, 0.15) is 46.0 Å². The molecular weight excluding hydrogens is 238 g/mol. The quantitative estimate of drug-likeness (QED) is 0.811. The molecule has 1 aliphatic carbocycles. The topological polar surface area (TPSA) is 58.4 Å². The van der Waals surface area contributed by atoms with Crippen LogP contribution < -0.4 is 11.1 Å². The second-order valence-electron chi connectivity index (χ2n) is 6.69. The Morgan fingerprint density at radius 1 is 1.21 bits per heavy atom. The zero-order chi connectivity index (χ0) is 13.8. The molecule has 1 aliphatic heterocycles. The molecule has 110 valence electrons. The van der Waals surface area contributed by atoms with Crippen LogP contribution in [0.2, 0.25) is 0 Å². The molecule has 0 aromatic heterocycles. The molecule has 0 spiro atoms. The minimum atomic E-state index is 0.182. The van der Waals surface area contributed by atoms with Crippen LogP contribution in [0.4, 0.5) is 0 Å². The predicted octanol–water partition coefficient (Wildman–Crippen LogP) is 1.35. The first-order chi connectivity index (χ1) is 9.04. The first kappa shape index (κ1) is 14.8. The van der Waals surface area contributed by atoms with E-state index < -0.39 is 0 Å². The maximum absolute atomic E-state index is 12.1. The summed E-state index contributed by atoms with van der Waals surface area (Å²) in [5.41, 5.74) is 6.07. The van der Waals surface area contributed by atoms with Crippen molar-refractivity contribution >= 4 is 5.91 Å². The Bertz CT molecular complexity index is 300. The van der Waals surface area contributed by atoms with Gasteiger partial charge in [0.05, 0.1) is 6.54 Å². The Morgan fingerprint density at radius 2 is 1.89 bits per heavy atom. The summed E-state index contributed by atoms with van der Waals surface area (Å²) in [6, 6.07) is 0.623. The zero-order valence-electron chi connectivity index (χ0n) is 12.4. The number of rotatable bonds is 3. The molecule has 0 aromatic rings. The molecule has 1 saturated heterocycles. The van der Waals surface area contributed by atoms with Crippen molar-refractivity contribution in [3.8, 4) is 0 Å². The molecule has 1 saturated carbocycles. The maximum Gasteiger partial charge on any atom is 0.234 e. The second-order valence-corrected chi connectivity index (χ2v) is 6.69. The lowest BCUT2D eigenvalue weighted by Gasteiger charge is -2.35. The van der Waals surface area contributed by atoms with Crippen LogP contribution in [0.5, 0.6) is 0 Å². The van der Waals surface area contributed by atoms with E-state index >= 15 is 0 Å². The van der Waals surface area contributed by atoms with Gasteiger partial charge in [-0.1, -0.05) is 13.8 Å². The summed E-state index contributed by atoms with van der Waals surface area (Å²) >= 11 is 0. The van der Waals surface area contributed by atoms with Gasteiger partial charge in [-0.2, -0.15) is 0 Å². The number of piperidine rings is 1. The number of nitrogens with zero attached hydrogens (tertiary/aromatic N) is 1. The van der Waals surface area contributed by atoms with Crippen LogP contribution in [0.15, 0.2) is 0 Å². The number of carbonyl (C=O) groups is 1. The normalized spacial score (nSPS) is 37.0. The molecule has 2 rings (SSSR count). The van der Waals surface area contributed by atoms with E-state index in [4.69, 9.17) is 5.73 Å². The minimum absolute atomic E-state index is 0.182. The van der Waals surface area contributed by atoms with Crippen LogP contribution in [-0.2, 0) is 4.79 Å². The predicted molar refractivity (Wildman–Crippen MR) is 77.8 cm³/mol. The number of hydrogen-bond acceptors (Lipinski definition) is 3. The fraction of sp³-hybridized carbons (Fsp3) is 0.933. The molecule has 2 fully saturated rings. The van der Waals surface area contributed by atoms with Gasteiger partial charge in [-0.15, -0.1) is 0 Å². The first-order valence-corrected chi connectivity index (χ1v) is 7.82. The third-order valence-corrected chi connectivity index (χ3v) is 4.85. The molecule has 19 heavy (non-hydrogen) atoms. The average molecular weight is 267 g/mol. The Labute approximate surface area is 117 Å².